The van der Waals surface area contributed by atoms with Crippen molar-refractivity contribution in [1.82, 2.24) is 4.90 Å². The van der Waals surface area contributed by atoms with E-state index in [-0.39, 0.29) is 18.0 Å². The highest BCUT2D eigenvalue weighted by molar-refractivity contribution is 5.91. The average Bonchev–Trinajstić information content (AvgIpc) is 3.24. The summed E-state index contributed by atoms with van der Waals surface area (Å²) in [6.45, 7) is 5.81. The van der Waals surface area contributed by atoms with Crippen molar-refractivity contribution >= 4 is 11.9 Å². The molecule has 1 amide bonds. The fourth-order valence-corrected chi connectivity index (χ4v) is 4.77. The number of hydrogen-bond acceptors (Lipinski definition) is 3. The molecule has 0 aliphatic carbocycles. The summed E-state index contributed by atoms with van der Waals surface area (Å²) in [7, 11) is 0. The molecule has 25 heavy (non-hydrogen) atoms. The van der Waals surface area contributed by atoms with E-state index in [1.165, 1.54) is 0 Å². The zero-order chi connectivity index (χ0) is 17.8. The third kappa shape index (κ3) is 2.05. The summed E-state index contributed by atoms with van der Waals surface area (Å²) in [6, 6.07) is 9.37. The molecule has 0 aromatic heterocycles. The van der Waals surface area contributed by atoms with Crippen LogP contribution in [0.1, 0.15) is 24.9 Å². The number of carboxylic acid groups (broad SMARTS) is 1. The van der Waals surface area contributed by atoms with Crippen LogP contribution in [0, 0.1) is 11.8 Å². The molecule has 1 spiro atoms. The van der Waals surface area contributed by atoms with E-state index in [4.69, 9.17) is 4.74 Å². The number of carbonyl (C=O) groups excluding carboxylic acids is 1. The van der Waals surface area contributed by atoms with E-state index in [2.05, 4.69) is 6.58 Å². The first-order chi connectivity index (χ1) is 12.0. The molecule has 2 bridgehead atoms. The highest BCUT2D eigenvalue weighted by Gasteiger charge is 2.71. The zero-order valence-corrected chi connectivity index (χ0v) is 14.0. The summed E-state index contributed by atoms with van der Waals surface area (Å²) in [6.07, 6.45) is 5.52. The van der Waals surface area contributed by atoms with Gasteiger partial charge in [0.25, 0.3) is 0 Å². The van der Waals surface area contributed by atoms with Crippen LogP contribution in [-0.4, -0.2) is 39.6 Å². The zero-order valence-electron chi connectivity index (χ0n) is 14.0. The quantitative estimate of drug-likeness (QED) is 0.837. The Labute approximate surface area is 146 Å². The van der Waals surface area contributed by atoms with Gasteiger partial charge in [-0.1, -0.05) is 48.6 Å². The Morgan fingerprint density at radius 3 is 2.80 bits per heavy atom. The molecule has 3 aliphatic heterocycles. The summed E-state index contributed by atoms with van der Waals surface area (Å²) in [5.74, 6) is -2.60. The van der Waals surface area contributed by atoms with Gasteiger partial charge >= 0.3 is 5.97 Å². The fourth-order valence-electron chi connectivity index (χ4n) is 4.77. The Morgan fingerprint density at radius 1 is 1.44 bits per heavy atom. The van der Waals surface area contributed by atoms with Crippen LogP contribution in [-0.2, 0) is 14.3 Å². The second-order valence-corrected chi connectivity index (χ2v) is 7.01. The first-order valence-electron chi connectivity index (χ1n) is 8.59. The second kappa shape index (κ2) is 5.56. The molecule has 5 nitrogen and oxygen atoms in total. The van der Waals surface area contributed by atoms with Crippen molar-refractivity contribution in [2.75, 3.05) is 0 Å². The molecule has 3 heterocycles. The van der Waals surface area contributed by atoms with E-state index in [1.54, 1.807) is 12.2 Å². The predicted octanol–water partition coefficient (Wildman–Crippen LogP) is 2.56. The number of ether oxygens (including phenoxy) is 1. The first kappa shape index (κ1) is 16.1. The summed E-state index contributed by atoms with van der Waals surface area (Å²) in [5, 5.41) is 9.65. The molecule has 0 radical (unpaired) electrons. The van der Waals surface area contributed by atoms with Gasteiger partial charge in [0.05, 0.1) is 24.1 Å². The van der Waals surface area contributed by atoms with Gasteiger partial charge in [0.2, 0.25) is 5.91 Å². The number of benzene rings is 1. The lowest BCUT2D eigenvalue weighted by Gasteiger charge is -2.36. The number of carbonyl (C=O) groups is 2. The molecule has 2 saturated heterocycles. The Balaban J connectivity index is 1.78. The van der Waals surface area contributed by atoms with Crippen molar-refractivity contribution in [3.05, 3.63) is 60.7 Å². The lowest BCUT2D eigenvalue weighted by molar-refractivity contribution is -0.149. The SMILES string of the molecule is C=CCC1N(C(C)c2ccccc2)C(=O)[C@@H]2C(C(=O)O)[C@@H]3C=C[C@@]12O3. The molecule has 5 heteroatoms. The maximum absolute atomic E-state index is 13.3. The minimum atomic E-state index is -0.971. The Hall–Kier alpha value is -2.40. The van der Waals surface area contributed by atoms with Crippen LogP contribution in [0.25, 0.3) is 0 Å². The van der Waals surface area contributed by atoms with Crippen LogP contribution in [0.3, 0.4) is 0 Å². The molecule has 1 aromatic rings. The highest BCUT2D eigenvalue weighted by Crippen LogP contribution is 2.57. The van der Waals surface area contributed by atoms with Crippen molar-refractivity contribution in [3.63, 3.8) is 0 Å². The van der Waals surface area contributed by atoms with Gasteiger partial charge in [0.15, 0.2) is 0 Å². The third-order valence-electron chi connectivity index (χ3n) is 5.84. The molecule has 0 saturated carbocycles. The third-order valence-corrected chi connectivity index (χ3v) is 5.84. The van der Waals surface area contributed by atoms with E-state index in [1.807, 2.05) is 48.2 Å². The smallest absolute Gasteiger partial charge is 0.310 e. The Morgan fingerprint density at radius 2 is 2.16 bits per heavy atom. The van der Waals surface area contributed by atoms with E-state index in [9.17, 15) is 14.7 Å². The lowest BCUT2D eigenvalue weighted by Crippen LogP contribution is -2.45. The van der Waals surface area contributed by atoms with Gasteiger partial charge in [-0.3, -0.25) is 9.59 Å². The maximum Gasteiger partial charge on any atom is 0.310 e. The maximum atomic E-state index is 13.3. The number of rotatable bonds is 5. The molecule has 2 fully saturated rings. The fraction of sp³-hybridized carbons (Fsp3) is 0.400. The summed E-state index contributed by atoms with van der Waals surface area (Å²) in [4.78, 5) is 26.9. The van der Waals surface area contributed by atoms with Crippen LogP contribution in [0.4, 0.5) is 0 Å². The van der Waals surface area contributed by atoms with Crippen LogP contribution >= 0.6 is 0 Å². The monoisotopic (exact) mass is 339 g/mol. The van der Waals surface area contributed by atoms with E-state index in [0.29, 0.717) is 6.42 Å². The first-order valence-corrected chi connectivity index (χ1v) is 8.59. The highest BCUT2D eigenvalue weighted by atomic mass is 16.5. The molecule has 4 rings (SSSR count). The largest absolute Gasteiger partial charge is 0.481 e. The minimum Gasteiger partial charge on any atom is -0.481 e. The van der Waals surface area contributed by atoms with Gasteiger partial charge in [-0.05, 0) is 18.9 Å². The van der Waals surface area contributed by atoms with Gasteiger partial charge in [0.1, 0.15) is 11.5 Å². The average molecular weight is 339 g/mol. The number of amides is 1. The molecule has 3 unspecified atom stereocenters. The van der Waals surface area contributed by atoms with Crippen molar-refractivity contribution < 1.29 is 19.4 Å². The van der Waals surface area contributed by atoms with Crippen molar-refractivity contribution in [2.24, 2.45) is 11.8 Å². The van der Waals surface area contributed by atoms with Crippen molar-refractivity contribution in [2.45, 2.75) is 37.1 Å². The molecule has 3 aliphatic rings. The molecular weight excluding hydrogens is 318 g/mol. The van der Waals surface area contributed by atoms with E-state index in [0.717, 1.165) is 5.56 Å². The number of carboxylic acids is 1. The Bertz CT molecular complexity index is 758. The van der Waals surface area contributed by atoms with Gasteiger partial charge in [-0.25, -0.2) is 0 Å². The second-order valence-electron chi connectivity index (χ2n) is 7.01. The topological polar surface area (TPSA) is 66.8 Å². The van der Waals surface area contributed by atoms with Gasteiger partial charge < -0.3 is 14.7 Å². The van der Waals surface area contributed by atoms with Crippen LogP contribution < -0.4 is 0 Å². The van der Waals surface area contributed by atoms with Gasteiger partial charge in [0, 0.05) is 0 Å². The Kier molecular flexibility index (Phi) is 3.58. The van der Waals surface area contributed by atoms with Crippen molar-refractivity contribution in [1.29, 1.82) is 0 Å². The van der Waals surface area contributed by atoms with Crippen LogP contribution in [0.5, 0.6) is 0 Å². The summed E-state index contributed by atoms with van der Waals surface area (Å²) in [5.41, 5.74) is 0.161. The molecule has 1 N–H and O–H groups in total. The number of nitrogens with zero attached hydrogens (tertiary/aromatic N) is 1. The number of likely N-dealkylation sites (tertiary alicyclic amines) is 1. The van der Waals surface area contributed by atoms with Crippen molar-refractivity contribution in [3.8, 4) is 0 Å². The molecular formula is C20H21NO4. The molecule has 130 valence electrons. The van der Waals surface area contributed by atoms with Crippen LogP contribution in [0.15, 0.2) is 55.1 Å². The predicted molar refractivity (Wildman–Crippen MR) is 91.7 cm³/mol. The number of fused-ring (bicyclic) bond motifs is 1. The number of aliphatic carboxylic acids is 1. The minimum absolute atomic E-state index is 0.137. The standard InChI is InChI=1S/C20H21NO4/c1-3-7-15-20-11-10-14(25-20)16(19(23)24)17(20)18(22)21(15)12(2)13-8-5-4-6-9-13/h3-6,8-12,14-17H,1,7H2,2H3,(H,23,24)/t12?,14-,15?,16?,17-,20+/m0/s1. The van der Waals surface area contributed by atoms with Gasteiger partial charge in [-0.2, -0.15) is 0 Å². The summed E-state index contributed by atoms with van der Waals surface area (Å²) < 4.78 is 6.11. The normalized spacial score (nSPS) is 36.5. The lowest BCUT2D eigenvalue weighted by atomic mass is 9.74. The van der Waals surface area contributed by atoms with E-state index < -0.39 is 29.5 Å². The van der Waals surface area contributed by atoms with E-state index >= 15 is 0 Å². The van der Waals surface area contributed by atoms with Crippen LogP contribution in [0.2, 0.25) is 0 Å². The molecule has 1 aromatic carbocycles. The number of hydrogen-bond donors (Lipinski definition) is 1. The summed E-state index contributed by atoms with van der Waals surface area (Å²) >= 11 is 0. The molecule has 6 atom stereocenters. The van der Waals surface area contributed by atoms with Gasteiger partial charge in [-0.15, -0.1) is 6.58 Å².